The highest BCUT2D eigenvalue weighted by Crippen LogP contribution is 2.42. The van der Waals surface area contributed by atoms with Crippen LogP contribution in [0.5, 0.6) is 0 Å². The Kier molecular flexibility index (Phi) is 3.99. The van der Waals surface area contributed by atoms with Gasteiger partial charge in [0.05, 0.1) is 11.8 Å². The van der Waals surface area contributed by atoms with Crippen molar-refractivity contribution in [3.63, 3.8) is 0 Å². The van der Waals surface area contributed by atoms with Crippen LogP contribution >= 0.6 is 11.3 Å². The predicted molar refractivity (Wildman–Crippen MR) is 92.4 cm³/mol. The van der Waals surface area contributed by atoms with Gasteiger partial charge in [-0.15, -0.1) is 10.2 Å². The van der Waals surface area contributed by atoms with Crippen LogP contribution in [0.4, 0.5) is 5.13 Å². The molecule has 0 atom stereocenters. The maximum atomic E-state index is 12.5. The van der Waals surface area contributed by atoms with Crippen LogP contribution < -0.4 is 4.90 Å². The Hall–Kier alpha value is -1.96. The average molecular weight is 346 g/mol. The molecule has 1 saturated heterocycles. The predicted octanol–water partition coefficient (Wildman–Crippen LogP) is 1.89. The van der Waals surface area contributed by atoms with Crippen LogP contribution in [0.2, 0.25) is 0 Å². The van der Waals surface area contributed by atoms with Crippen molar-refractivity contribution in [1.29, 1.82) is 0 Å². The van der Waals surface area contributed by atoms with E-state index in [1.807, 2.05) is 19.0 Å². The Labute approximate surface area is 145 Å². The summed E-state index contributed by atoms with van der Waals surface area (Å²) in [4.78, 5) is 16.7. The average Bonchev–Trinajstić information content (AvgIpc) is 3.17. The standard InChI is InChI=1S/C16H22N6OS/c1-20-10-12(9-17-20)15(23)21(2)13-5-7-22(8-6-13)16-19-18-14(24-16)11-3-4-11/h9-11,13H,3-8H2,1-2H3. The summed E-state index contributed by atoms with van der Waals surface area (Å²) >= 11 is 1.74. The molecule has 24 heavy (non-hydrogen) atoms. The number of anilines is 1. The third-order valence-corrected chi connectivity index (χ3v) is 6.06. The lowest BCUT2D eigenvalue weighted by atomic mass is 10.0. The lowest BCUT2D eigenvalue weighted by molar-refractivity contribution is 0.0709. The zero-order chi connectivity index (χ0) is 16.7. The molecule has 2 aromatic rings. The Bertz CT molecular complexity index is 729. The van der Waals surface area contributed by atoms with E-state index in [9.17, 15) is 4.79 Å². The third-order valence-electron chi connectivity index (χ3n) is 4.91. The summed E-state index contributed by atoms with van der Waals surface area (Å²) in [6, 6.07) is 0.268. The summed E-state index contributed by atoms with van der Waals surface area (Å²) in [7, 11) is 3.72. The fourth-order valence-electron chi connectivity index (χ4n) is 3.20. The first-order valence-electron chi connectivity index (χ1n) is 8.46. The van der Waals surface area contributed by atoms with Gasteiger partial charge in [-0.3, -0.25) is 9.48 Å². The second-order valence-corrected chi connectivity index (χ2v) is 7.72. The number of amides is 1. The molecule has 1 saturated carbocycles. The summed E-state index contributed by atoms with van der Waals surface area (Å²) in [6.45, 7) is 1.85. The van der Waals surface area contributed by atoms with Crippen molar-refractivity contribution in [3.8, 4) is 0 Å². The molecular weight excluding hydrogens is 324 g/mol. The van der Waals surface area contributed by atoms with E-state index < -0.39 is 0 Å². The maximum absolute atomic E-state index is 12.5. The van der Waals surface area contributed by atoms with Gasteiger partial charge in [-0.1, -0.05) is 11.3 Å². The first-order chi connectivity index (χ1) is 11.6. The molecule has 0 spiro atoms. The third kappa shape index (κ3) is 3.02. The molecule has 0 radical (unpaired) electrons. The number of aromatic nitrogens is 4. The van der Waals surface area contributed by atoms with Crippen LogP contribution in [-0.4, -0.2) is 57.0 Å². The van der Waals surface area contributed by atoms with Gasteiger partial charge in [0.15, 0.2) is 0 Å². The van der Waals surface area contributed by atoms with Crippen LogP contribution in [0.25, 0.3) is 0 Å². The molecule has 2 fully saturated rings. The molecule has 2 aliphatic rings. The molecule has 0 unspecified atom stereocenters. The highest BCUT2D eigenvalue weighted by molar-refractivity contribution is 7.15. The summed E-state index contributed by atoms with van der Waals surface area (Å²) in [5, 5.41) is 15.0. The Morgan fingerprint density at radius 3 is 2.62 bits per heavy atom. The number of carbonyl (C=O) groups excluding carboxylic acids is 1. The minimum Gasteiger partial charge on any atom is -0.347 e. The smallest absolute Gasteiger partial charge is 0.257 e. The topological polar surface area (TPSA) is 67.2 Å². The SMILES string of the molecule is CN(C(=O)c1cnn(C)c1)C1CCN(c2nnc(C3CC3)s2)CC1. The fraction of sp³-hybridized carbons (Fsp3) is 0.625. The van der Waals surface area contributed by atoms with Gasteiger partial charge in [-0.2, -0.15) is 5.10 Å². The second-order valence-electron chi connectivity index (χ2n) is 6.73. The number of aryl methyl sites for hydroxylation is 1. The molecule has 7 nitrogen and oxygen atoms in total. The first-order valence-corrected chi connectivity index (χ1v) is 9.27. The van der Waals surface area contributed by atoms with Gasteiger partial charge in [-0.25, -0.2) is 0 Å². The van der Waals surface area contributed by atoms with E-state index in [2.05, 4.69) is 20.2 Å². The van der Waals surface area contributed by atoms with Crippen molar-refractivity contribution in [1.82, 2.24) is 24.9 Å². The minimum absolute atomic E-state index is 0.0495. The van der Waals surface area contributed by atoms with Gasteiger partial charge in [0.2, 0.25) is 5.13 Å². The van der Waals surface area contributed by atoms with Crippen molar-refractivity contribution in [2.45, 2.75) is 37.6 Å². The lowest BCUT2D eigenvalue weighted by Crippen LogP contribution is -2.45. The molecule has 0 bridgehead atoms. The summed E-state index contributed by atoms with van der Waals surface area (Å²) in [5.74, 6) is 0.713. The van der Waals surface area contributed by atoms with Crippen molar-refractivity contribution in [3.05, 3.63) is 23.0 Å². The molecule has 3 heterocycles. The van der Waals surface area contributed by atoms with E-state index in [-0.39, 0.29) is 11.9 Å². The van der Waals surface area contributed by atoms with E-state index in [0.29, 0.717) is 11.5 Å². The fourth-order valence-corrected chi connectivity index (χ4v) is 4.26. The molecule has 1 amide bonds. The number of hydrogen-bond acceptors (Lipinski definition) is 6. The minimum atomic E-state index is 0.0495. The summed E-state index contributed by atoms with van der Waals surface area (Å²) in [6.07, 6.45) is 7.85. The highest BCUT2D eigenvalue weighted by Gasteiger charge is 2.30. The monoisotopic (exact) mass is 346 g/mol. The molecule has 0 N–H and O–H groups in total. The quantitative estimate of drug-likeness (QED) is 0.846. The Balaban J connectivity index is 1.35. The lowest BCUT2D eigenvalue weighted by Gasteiger charge is -2.36. The van der Waals surface area contributed by atoms with Gasteiger partial charge in [0.1, 0.15) is 5.01 Å². The van der Waals surface area contributed by atoms with E-state index >= 15 is 0 Å². The van der Waals surface area contributed by atoms with Crippen LogP contribution in [-0.2, 0) is 7.05 Å². The Morgan fingerprint density at radius 2 is 2.00 bits per heavy atom. The van der Waals surface area contributed by atoms with Gasteiger partial charge in [0.25, 0.3) is 5.91 Å². The molecule has 4 rings (SSSR count). The summed E-state index contributed by atoms with van der Waals surface area (Å²) in [5.41, 5.74) is 0.653. The van der Waals surface area contributed by atoms with Crippen molar-refractivity contribution < 1.29 is 4.79 Å². The highest BCUT2D eigenvalue weighted by atomic mass is 32.1. The van der Waals surface area contributed by atoms with Gasteiger partial charge in [-0.05, 0) is 25.7 Å². The van der Waals surface area contributed by atoms with Gasteiger partial charge >= 0.3 is 0 Å². The molecule has 0 aromatic carbocycles. The molecular formula is C16H22N6OS. The van der Waals surface area contributed by atoms with Crippen molar-refractivity contribution in [2.24, 2.45) is 7.05 Å². The zero-order valence-electron chi connectivity index (χ0n) is 14.1. The van der Waals surface area contributed by atoms with E-state index in [1.165, 1.54) is 17.8 Å². The molecule has 2 aromatic heterocycles. The molecule has 1 aliphatic carbocycles. The normalized spacial score (nSPS) is 18.8. The van der Waals surface area contributed by atoms with Crippen molar-refractivity contribution >= 4 is 22.4 Å². The van der Waals surface area contributed by atoms with Crippen LogP contribution in [0.3, 0.4) is 0 Å². The van der Waals surface area contributed by atoms with E-state index in [4.69, 9.17) is 0 Å². The molecule has 1 aliphatic heterocycles. The van der Waals surface area contributed by atoms with Crippen molar-refractivity contribution in [2.75, 3.05) is 25.0 Å². The number of carbonyl (C=O) groups is 1. The Morgan fingerprint density at radius 1 is 1.25 bits per heavy atom. The number of hydrogen-bond donors (Lipinski definition) is 0. The van der Waals surface area contributed by atoms with Crippen LogP contribution in [0.1, 0.15) is 47.0 Å². The zero-order valence-corrected chi connectivity index (χ0v) is 14.9. The van der Waals surface area contributed by atoms with E-state index in [1.54, 1.807) is 28.4 Å². The second kappa shape index (κ2) is 6.16. The maximum Gasteiger partial charge on any atom is 0.257 e. The van der Waals surface area contributed by atoms with Gasteiger partial charge in [0, 0.05) is 45.3 Å². The number of piperidine rings is 1. The van der Waals surface area contributed by atoms with E-state index in [0.717, 1.165) is 31.1 Å². The van der Waals surface area contributed by atoms with Crippen LogP contribution in [0.15, 0.2) is 12.4 Å². The number of rotatable bonds is 4. The van der Waals surface area contributed by atoms with Crippen LogP contribution in [0, 0.1) is 0 Å². The largest absolute Gasteiger partial charge is 0.347 e. The van der Waals surface area contributed by atoms with Gasteiger partial charge < -0.3 is 9.80 Å². The number of nitrogens with zero attached hydrogens (tertiary/aromatic N) is 6. The first kappa shape index (κ1) is 15.6. The molecule has 128 valence electrons. The molecule has 8 heteroatoms. The summed E-state index contributed by atoms with van der Waals surface area (Å²) < 4.78 is 1.66.